The van der Waals surface area contributed by atoms with Gasteiger partial charge in [-0.2, -0.15) is 4.98 Å². The van der Waals surface area contributed by atoms with Crippen molar-refractivity contribution in [3.8, 4) is 11.4 Å². The molecule has 5 rings (SSSR count). The highest BCUT2D eigenvalue weighted by Gasteiger charge is 2.52. The predicted octanol–water partition coefficient (Wildman–Crippen LogP) is 5.55. The van der Waals surface area contributed by atoms with E-state index in [1.807, 2.05) is 26.0 Å². The zero-order valence-corrected chi connectivity index (χ0v) is 22.2. The second kappa shape index (κ2) is 9.79. The Bertz CT molecular complexity index is 1580. The molecule has 0 bridgehead atoms. The van der Waals surface area contributed by atoms with Crippen LogP contribution in [0.5, 0.6) is 0 Å². The minimum absolute atomic E-state index is 0.0325. The molecular weight excluding hydrogens is 505 g/mol. The number of carbonyl (C=O) groups is 1. The monoisotopic (exact) mass is 533 g/mol. The third kappa shape index (κ3) is 4.98. The highest BCUT2D eigenvalue weighted by Crippen LogP contribution is 2.55. The Hall–Kier alpha value is -3.85. The van der Waals surface area contributed by atoms with Gasteiger partial charge in [-0.05, 0) is 97.5 Å². The van der Waals surface area contributed by atoms with Gasteiger partial charge < -0.3 is 9.84 Å². The molecule has 0 spiro atoms. The van der Waals surface area contributed by atoms with Gasteiger partial charge in [0.25, 0.3) is 0 Å². The molecule has 9 heteroatoms. The summed E-state index contributed by atoms with van der Waals surface area (Å²) in [7, 11) is -3.28. The van der Waals surface area contributed by atoms with Crippen LogP contribution in [0, 0.1) is 19.7 Å². The molecule has 4 aromatic rings. The van der Waals surface area contributed by atoms with Crippen molar-refractivity contribution in [2.45, 2.75) is 50.3 Å². The highest BCUT2D eigenvalue weighted by atomic mass is 32.2. The zero-order chi connectivity index (χ0) is 27.1. The molecule has 3 aromatic carbocycles. The topological polar surface area (TPSA) is 102 Å². The largest absolute Gasteiger partial charge is 0.338 e. The van der Waals surface area contributed by atoms with Gasteiger partial charge in [-0.3, -0.25) is 4.79 Å². The van der Waals surface area contributed by atoms with Crippen molar-refractivity contribution in [1.82, 2.24) is 10.1 Å². The Morgan fingerprint density at radius 2 is 1.66 bits per heavy atom. The molecule has 0 saturated heterocycles. The third-order valence-corrected chi connectivity index (χ3v) is 8.76. The number of aromatic nitrogens is 2. The number of halogens is 1. The number of hydrogen-bond acceptors (Lipinski definition) is 6. The van der Waals surface area contributed by atoms with E-state index >= 15 is 0 Å². The molecule has 0 atom stereocenters. The van der Waals surface area contributed by atoms with Crippen LogP contribution in [0.15, 0.2) is 70.1 Å². The number of nitrogens with zero attached hydrogens (tertiary/aromatic N) is 2. The van der Waals surface area contributed by atoms with Crippen LogP contribution in [0.2, 0.25) is 0 Å². The minimum Gasteiger partial charge on any atom is -0.338 e. The van der Waals surface area contributed by atoms with Crippen molar-refractivity contribution < 1.29 is 22.1 Å². The molecule has 196 valence electrons. The van der Waals surface area contributed by atoms with Crippen LogP contribution >= 0.6 is 0 Å². The molecule has 1 saturated carbocycles. The van der Waals surface area contributed by atoms with Gasteiger partial charge in [0, 0.05) is 11.3 Å². The molecule has 7 nitrogen and oxygen atoms in total. The Kier molecular flexibility index (Phi) is 6.65. The van der Waals surface area contributed by atoms with E-state index in [2.05, 4.69) is 15.5 Å². The number of nitrogens with one attached hydrogen (secondary N) is 1. The summed E-state index contributed by atoms with van der Waals surface area (Å²) < 4.78 is 43.0. The lowest BCUT2D eigenvalue weighted by atomic mass is 9.87. The van der Waals surface area contributed by atoms with Crippen LogP contribution in [0.25, 0.3) is 11.4 Å². The van der Waals surface area contributed by atoms with Gasteiger partial charge in [0.05, 0.1) is 22.5 Å². The Morgan fingerprint density at radius 3 is 2.24 bits per heavy atom. The van der Waals surface area contributed by atoms with Gasteiger partial charge in [-0.15, -0.1) is 0 Å². The summed E-state index contributed by atoms with van der Waals surface area (Å²) in [6, 6.07) is 16.3. The number of rotatable bonds is 8. The maximum atomic E-state index is 13.3. The molecule has 0 unspecified atom stereocenters. The van der Waals surface area contributed by atoms with Gasteiger partial charge in [0.2, 0.25) is 17.6 Å². The number of anilines is 1. The van der Waals surface area contributed by atoms with E-state index in [0.29, 0.717) is 23.0 Å². The molecule has 1 aliphatic carbocycles. The van der Waals surface area contributed by atoms with Gasteiger partial charge >= 0.3 is 0 Å². The first-order valence-corrected chi connectivity index (χ1v) is 14.1. The third-order valence-electron chi connectivity index (χ3n) is 7.01. The van der Waals surface area contributed by atoms with Crippen molar-refractivity contribution in [3.63, 3.8) is 0 Å². The van der Waals surface area contributed by atoms with Gasteiger partial charge in [-0.1, -0.05) is 24.2 Å². The zero-order valence-electron chi connectivity index (χ0n) is 21.4. The van der Waals surface area contributed by atoms with E-state index < -0.39 is 9.84 Å². The Balaban J connectivity index is 1.32. The van der Waals surface area contributed by atoms with Crippen LogP contribution in [-0.2, 0) is 26.5 Å². The van der Waals surface area contributed by atoms with E-state index in [1.165, 1.54) is 12.1 Å². The molecule has 1 N–H and O–H groups in total. The summed E-state index contributed by atoms with van der Waals surface area (Å²) in [5, 5.41) is 7.09. The lowest BCUT2D eigenvalue weighted by Crippen LogP contribution is -2.17. The first kappa shape index (κ1) is 25.8. The number of aryl methyl sites for hydroxylation is 2. The lowest BCUT2D eigenvalue weighted by Gasteiger charge is -2.19. The van der Waals surface area contributed by atoms with Gasteiger partial charge in [0.15, 0.2) is 9.84 Å². The van der Waals surface area contributed by atoms with Crippen molar-refractivity contribution in [1.29, 1.82) is 0 Å². The summed E-state index contributed by atoms with van der Waals surface area (Å²) in [6.07, 6.45) is 1.87. The van der Waals surface area contributed by atoms with Crippen LogP contribution in [0.3, 0.4) is 0 Å². The smallest absolute Gasteiger partial charge is 0.237 e. The first-order chi connectivity index (χ1) is 18.1. The molecule has 1 aromatic heterocycles. The van der Waals surface area contributed by atoms with Crippen LogP contribution in [0.1, 0.15) is 47.9 Å². The number of benzene rings is 3. The molecule has 38 heavy (non-hydrogen) atoms. The van der Waals surface area contributed by atoms with Crippen molar-refractivity contribution in [2.75, 3.05) is 11.1 Å². The van der Waals surface area contributed by atoms with E-state index in [0.717, 1.165) is 35.1 Å². The summed E-state index contributed by atoms with van der Waals surface area (Å²) in [5.41, 5.74) is 4.85. The summed E-state index contributed by atoms with van der Waals surface area (Å²) >= 11 is 0. The average molecular weight is 534 g/mol. The second-order valence-electron chi connectivity index (χ2n) is 9.77. The normalized spacial score (nSPS) is 14.3. The molecule has 0 radical (unpaired) electrons. The van der Waals surface area contributed by atoms with Crippen molar-refractivity contribution in [2.24, 2.45) is 0 Å². The fourth-order valence-electron chi connectivity index (χ4n) is 4.99. The Labute approximate surface area is 221 Å². The lowest BCUT2D eigenvalue weighted by molar-refractivity contribution is -0.115. The fourth-order valence-corrected chi connectivity index (χ4v) is 5.88. The Morgan fingerprint density at radius 1 is 1.03 bits per heavy atom. The number of sulfone groups is 1. The summed E-state index contributed by atoms with van der Waals surface area (Å²) in [4.78, 5) is 17.6. The van der Waals surface area contributed by atoms with Crippen molar-refractivity contribution >= 4 is 21.4 Å². The van der Waals surface area contributed by atoms with Crippen LogP contribution in [0.4, 0.5) is 10.1 Å². The summed E-state index contributed by atoms with van der Waals surface area (Å²) in [6.45, 7) is 5.61. The fraction of sp³-hybridized carbons (Fsp3) is 0.276. The van der Waals surface area contributed by atoms with Crippen LogP contribution < -0.4 is 5.32 Å². The predicted molar refractivity (Wildman–Crippen MR) is 142 cm³/mol. The number of hydrogen-bond donors (Lipinski definition) is 1. The van der Waals surface area contributed by atoms with Crippen molar-refractivity contribution in [3.05, 3.63) is 94.6 Å². The second-order valence-corrected chi connectivity index (χ2v) is 12.0. The van der Waals surface area contributed by atoms with E-state index in [1.54, 1.807) is 43.3 Å². The van der Waals surface area contributed by atoms with E-state index in [-0.39, 0.29) is 34.2 Å². The molecular formula is C29H28FN3O4S. The van der Waals surface area contributed by atoms with E-state index in [4.69, 9.17) is 4.52 Å². The molecule has 1 heterocycles. The quantitative estimate of drug-likeness (QED) is 0.319. The first-order valence-electron chi connectivity index (χ1n) is 12.4. The molecule has 1 fully saturated rings. The SMILES string of the molecule is CCS(=O)(=O)c1ccc(CC(=O)Nc2cc(C)c(C3(c4nc(-c5ccc(F)cc5)no4)CC3)c(C)c2)cc1. The molecule has 1 amide bonds. The van der Waals surface area contributed by atoms with Crippen LogP contribution in [-0.4, -0.2) is 30.2 Å². The molecule has 0 aliphatic heterocycles. The van der Waals surface area contributed by atoms with Gasteiger partial charge in [-0.25, -0.2) is 12.8 Å². The standard InChI is InChI=1S/C29H28FN3O4S/c1-4-38(35,36)24-11-5-20(6-12-24)17-25(34)31-23-15-18(2)26(19(3)16-23)29(13-14-29)28-32-27(33-37-28)21-7-9-22(30)10-8-21/h5-12,15-16H,4,13-14,17H2,1-3H3,(H,31,34). The maximum absolute atomic E-state index is 13.3. The summed E-state index contributed by atoms with van der Waals surface area (Å²) in [5.74, 6) is 0.476. The van der Waals surface area contributed by atoms with E-state index in [9.17, 15) is 17.6 Å². The number of amides is 1. The average Bonchev–Trinajstić information content (AvgIpc) is 3.51. The minimum atomic E-state index is -3.28. The maximum Gasteiger partial charge on any atom is 0.237 e. The van der Waals surface area contributed by atoms with Gasteiger partial charge in [0.1, 0.15) is 5.82 Å². The highest BCUT2D eigenvalue weighted by molar-refractivity contribution is 7.91. The number of carbonyl (C=O) groups excluding carboxylic acids is 1. The molecule has 1 aliphatic rings.